The van der Waals surface area contributed by atoms with Gasteiger partial charge in [-0.1, -0.05) is 6.92 Å². The molecule has 0 bridgehead atoms. The molecule has 4 heteroatoms. The Morgan fingerprint density at radius 1 is 1.55 bits per heavy atom. The highest BCUT2D eigenvalue weighted by Gasteiger charge is 2.06. The Balaban J connectivity index is 2.61. The second-order valence-electron chi connectivity index (χ2n) is 2.34. The van der Waals surface area contributed by atoms with Gasteiger partial charge >= 0.3 is 0 Å². The van der Waals surface area contributed by atoms with Crippen LogP contribution in [0.1, 0.15) is 18.7 Å². The first kappa shape index (κ1) is 8.10. The van der Waals surface area contributed by atoms with Gasteiger partial charge in [-0.25, -0.2) is 15.9 Å². The lowest BCUT2D eigenvalue weighted by molar-refractivity contribution is 0.125. The van der Waals surface area contributed by atoms with E-state index >= 15 is 0 Å². The lowest BCUT2D eigenvalue weighted by Crippen LogP contribution is -2.10. The van der Waals surface area contributed by atoms with Gasteiger partial charge in [0.1, 0.15) is 5.82 Å². The molecule has 1 unspecified atom stereocenters. The van der Waals surface area contributed by atoms with Crippen LogP contribution in [-0.4, -0.2) is 16.6 Å². The smallest absolute Gasteiger partial charge is 0.133 e. The van der Waals surface area contributed by atoms with Gasteiger partial charge < -0.3 is 4.84 Å². The monoisotopic (exact) mass is 153 g/mol. The normalized spacial score (nSPS) is 12.9. The highest BCUT2D eigenvalue weighted by Crippen LogP contribution is 2.07. The van der Waals surface area contributed by atoms with Crippen molar-refractivity contribution >= 4 is 0 Å². The van der Waals surface area contributed by atoms with Gasteiger partial charge in [0.25, 0.3) is 0 Å². The van der Waals surface area contributed by atoms with E-state index in [0.717, 1.165) is 5.82 Å². The standard InChI is InChI=1S/C7H11N3O/c1-6(5-11-8)7-9-3-2-4-10-7/h2-4,6H,5,8H2,1H3. The Morgan fingerprint density at radius 2 is 2.18 bits per heavy atom. The van der Waals surface area contributed by atoms with E-state index in [4.69, 9.17) is 5.90 Å². The van der Waals surface area contributed by atoms with Gasteiger partial charge in [0.15, 0.2) is 0 Å². The van der Waals surface area contributed by atoms with Crippen LogP contribution in [0.3, 0.4) is 0 Å². The maximum Gasteiger partial charge on any atom is 0.133 e. The molecule has 1 rings (SSSR count). The van der Waals surface area contributed by atoms with E-state index in [0.29, 0.717) is 6.61 Å². The molecular weight excluding hydrogens is 142 g/mol. The predicted octanol–water partition coefficient (Wildman–Crippen LogP) is 0.470. The van der Waals surface area contributed by atoms with Crippen molar-refractivity contribution in [2.45, 2.75) is 12.8 Å². The van der Waals surface area contributed by atoms with Crippen LogP contribution in [0.2, 0.25) is 0 Å². The molecule has 0 aliphatic rings. The number of hydrogen-bond donors (Lipinski definition) is 1. The van der Waals surface area contributed by atoms with Crippen LogP contribution in [0.5, 0.6) is 0 Å². The summed E-state index contributed by atoms with van der Waals surface area (Å²) in [7, 11) is 0. The first-order valence-corrected chi connectivity index (χ1v) is 3.43. The summed E-state index contributed by atoms with van der Waals surface area (Å²) in [4.78, 5) is 12.6. The highest BCUT2D eigenvalue weighted by molar-refractivity contribution is 4.94. The SMILES string of the molecule is CC(CON)c1ncccn1. The minimum absolute atomic E-state index is 0.154. The van der Waals surface area contributed by atoms with E-state index in [-0.39, 0.29) is 5.92 Å². The zero-order chi connectivity index (χ0) is 8.10. The molecule has 1 atom stereocenters. The van der Waals surface area contributed by atoms with Crippen LogP contribution in [0.15, 0.2) is 18.5 Å². The molecular formula is C7H11N3O. The van der Waals surface area contributed by atoms with Gasteiger partial charge in [-0.2, -0.15) is 0 Å². The molecule has 0 spiro atoms. The number of hydrogen-bond acceptors (Lipinski definition) is 4. The summed E-state index contributed by atoms with van der Waals surface area (Å²) in [5.74, 6) is 5.83. The maximum atomic E-state index is 4.91. The Hall–Kier alpha value is -1.00. The molecule has 0 radical (unpaired) electrons. The summed E-state index contributed by atoms with van der Waals surface area (Å²) in [6.45, 7) is 2.41. The molecule has 1 aromatic rings. The van der Waals surface area contributed by atoms with Crippen LogP contribution >= 0.6 is 0 Å². The van der Waals surface area contributed by atoms with Crippen molar-refractivity contribution in [3.8, 4) is 0 Å². The minimum atomic E-state index is 0.154. The average molecular weight is 153 g/mol. The van der Waals surface area contributed by atoms with Gasteiger partial charge in [-0.15, -0.1) is 0 Å². The van der Waals surface area contributed by atoms with E-state index in [1.165, 1.54) is 0 Å². The van der Waals surface area contributed by atoms with Crippen molar-refractivity contribution < 1.29 is 4.84 Å². The molecule has 11 heavy (non-hydrogen) atoms. The minimum Gasteiger partial charge on any atom is -0.304 e. The predicted molar refractivity (Wildman–Crippen MR) is 40.6 cm³/mol. The summed E-state index contributed by atoms with van der Waals surface area (Å²) in [5.41, 5.74) is 0. The molecule has 0 saturated heterocycles. The van der Waals surface area contributed by atoms with Crippen molar-refractivity contribution in [2.24, 2.45) is 5.90 Å². The Labute approximate surface area is 65.4 Å². The summed E-state index contributed by atoms with van der Waals surface area (Å²) in [6.07, 6.45) is 3.41. The molecule has 1 aromatic heterocycles. The maximum absolute atomic E-state index is 4.91. The van der Waals surface area contributed by atoms with Gasteiger partial charge in [0.05, 0.1) is 6.61 Å². The Morgan fingerprint density at radius 3 is 2.73 bits per heavy atom. The fraction of sp³-hybridized carbons (Fsp3) is 0.429. The molecule has 60 valence electrons. The van der Waals surface area contributed by atoms with Crippen molar-refractivity contribution in [2.75, 3.05) is 6.61 Å². The zero-order valence-corrected chi connectivity index (χ0v) is 6.40. The summed E-state index contributed by atoms with van der Waals surface area (Å²) in [6, 6.07) is 1.78. The first-order valence-electron chi connectivity index (χ1n) is 3.43. The van der Waals surface area contributed by atoms with Crippen molar-refractivity contribution in [3.05, 3.63) is 24.3 Å². The largest absolute Gasteiger partial charge is 0.304 e. The fourth-order valence-corrected chi connectivity index (χ4v) is 0.784. The molecule has 0 amide bonds. The molecule has 1 heterocycles. The van der Waals surface area contributed by atoms with E-state index in [2.05, 4.69) is 14.8 Å². The molecule has 0 saturated carbocycles. The quantitative estimate of drug-likeness (QED) is 0.641. The van der Waals surface area contributed by atoms with E-state index in [1.54, 1.807) is 18.5 Å². The topological polar surface area (TPSA) is 61.0 Å². The van der Waals surface area contributed by atoms with Gasteiger partial charge in [0.2, 0.25) is 0 Å². The van der Waals surface area contributed by atoms with Crippen molar-refractivity contribution in [1.82, 2.24) is 9.97 Å². The van der Waals surface area contributed by atoms with Gasteiger partial charge in [0, 0.05) is 18.3 Å². The van der Waals surface area contributed by atoms with Crippen molar-refractivity contribution in [3.63, 3.8) is 0 Å². The van der Waals surface area contributed by atoms with Crippen LogP contribution in [0.4, 0.5) is 0 Å². The van der Waals surface area contributed by atoms with E-state index in [1.807, 2.05) is 6.92 Å². The average Bonchev–Trinajstić information content (AvgIpc) is 2.07. The molecule has 0 fully saturated rings. The summed E-state index contributed by atoms with van der Waals surface area (Å²) < 4.78 is 0. The zero-order valence-electron chi connectivity index (χ0n) is 6.40. The second-order valence-corrected chi connectivity index (χ2v) is 2.34. The Bertz CT molecular complexity index is 202. The summed E-state index contributed by atoms with van der Waals surface area (Å²) in [5, 5.41) is 0. The third-order valence-electron chi connectivity index (χ3n) is 1.37. The highest BCUT2D eigenvalue weighted by atomic mass is 16.6. The van der Waals surface area contributed by atoms with Crippen LogP contribution in [-0.2, 0) is 4.84 Å². The van der Waals surface area contributed by atoms with Gasteiger partial charge in [-0.05, 0) is 6.07 Å². The molecule has 0 aromatic carbocycles. The molecule has 4 nitrogen and oxygen atoms in total. The Kier molecular flexibility index (Phi) is 2.95. The number of nitrogens with two attached hydrogens (primary N) is 1. The molecule has 2 N–H and O–H groups in total. The van der Waals surface area contributed by atoms with Crippen LogP contribution in [0.25, 0.3) is 0 Å². The first-order chi connectivity index (χ1) is 5.34. The lowest BCUT2D eigenvalue weighted by Gasteiger charge is -2.05. The van der Waals surface area contributed by atoms with E-state index < -0.39 is 0 Å². The fourth-order valence-electron chi connectivity index (χ4n) is 0.784. The van der Waals surface area contributed by atoms with Crippen molar-refractivity contribution in [1.29, 1.82) is 0 Å². The van der Waals surface area contributed by atoms with E-state index in [9.17, 15) is 0 Å². The molecule has 0 aliphatic carbocycles. The number of aromatic nitrogens is 2. The number of rotatable bonds is 3. The second kappa shape index (κ2) is 4.00. The third kappa shape index (κ3) is 2.25. The van der Waals surface area contributed by atoms with Crippen LogP contribution < -0.4 is 5.90 Å². The number of nitrogens with zero attached hydrogens (tertiary/aromatic N) is 2. The lowest BCUT2D eigenvalue weighted by atomic mass is 10.2. The van der Waals surface area contributed by atoms with Crippen LogP contribution in [0, 0.1) is 0 Å². The summed E-state index contributed by atoms with van der Waals surface area (Å²) >= 11 is 0. The third-order valence-corrected chi connectivity index (χ3v) is 1.37. The molecule has 0 aliphatic heterocycles. The van der Waals surface area contributed by atoms with Gasteiger partial charge in [-0.3, -0.25) is 0 Å².